The molecule has 6 heteroatoms. The molecule has 0 heterocycles. The van der Waals surface area contributed by atoms with Crippen LogP contribution in [0.3, 0.4) is 0 Å². The van der Waals surface area contributed by atoms with E-state index in [2.05, 4.69) is 84.9 Å². The third-order valence-electron chi connectivity index (χ3n) is 9.31. The first-order chi connectivity index (χ1) is 25.3. The van der Waals surface area contributed by atoms with Crippen molar-refractivity contribution < 1.29 is 28.5 Å². The van der Waals surface area contributed by atoms with E-state index >= 15 is 0 Å². The second kappa shape index (κ2) is 26.9. The summed E-state index contributed by atoms with van der Waals surface area (Å²) in [5.74, 6) is 0.402. The van der Waals surface area contributed by atoms with Gasteiger partial charge in [0.15, 0.2) is 11.5 Å². The van der Waals surface area contributed by atoms with Gasteiger partial charge in [-0.1, -0.05) is 83.7 Å². The van der Waals surface area contributed by atoms with Crippen molar-refractivity contribution in [2.24, 2.45) is 0 Å². The van der Waals surface area contributed by atoms with Gasteiger partial charge in [0.1, 0.15) is 0 Å². The van der Waals surface area contributed by atoms with Crippen LogP contribution in [0.25, 0.3) is 0 Å². The average Bonchev–Trinajstić information content (AvgIpc) is 3.09. The Morgan fingerprint density at radius 2 is 0.811 bits per heavy atom. The molecule has 0 aliphatic heterocycles. The van der Waals surface area contributed by atoms with Gasteiger partial charge in [-0.25, -0.2) is 0 Å². The van der Waals surface area contributed by atoms with Gasteiger partial charge < -0.3 is 18.9 Å². The van der Waals surface area contributed by atoms with E-state index in [1.807, 2.05) is 20.8 Å². The average molecular weight is 733 g/mol. The lowest BCUT2D eigenvalue weighted by Gasteiger charge is -2.22. The van der Waals surface area contributed by atoms with Crippen LogP contribution >= 0.6 is 0 Å². The van der Waals surface area contributed by atoms with E-state index in [9.17, 15) is 9.59 Å². The zero-order chi connectivity index (χ0) is 39.8. The Kier molecular flexibility index (Phi) is 24.0. The molecule has 1 rings (SSSR count). The highest BCUT2D eigenvalue weighted by molar-refractivity contribution is 5.79. The van der Waals surface area contributed by atoms with E-state index in [1.165, 1.54) is 47.7 Å². The maximum atomic E-state index is 12.7. The molecule has 1 aromatic rings. The first kappa shape index (κ1) is 47.2. The van der Waals surface area contributed by atoms with Crippen LogP contribution in [0, 0.1) is 6.92 Å². The molecule has 0 unspecified atom stereocenters. The van der Waals surface area contributed by atoms with Gasteiger partial charge in [0.2, 0.25) is 11.5 Å². The molecule has 0 N–H and O–H groups in total. The molecule has 0 atom stereocenters. The summed E-state index contributed by atoms with van der Waals surface area (Å²) in [7, 11) is 2.98. The minimum absolute atomic E-state index is 0.242. The largest absolute Gasteiger partial charge is 0.490 e. The molecule has 0 aromatic heterocycles. The van der Waals surface area contributed by atoms with Crippen LogP contribution in [-0.4, -0.2) is 26.2 Å². The highest BCUT2D eigenvalue weighted by Crippen LogP contribution is 2.50. The summed E-state index contributed by atoms with van der Waals surface area (Å²) in [4.78, 5) is 25.2. The Balaban J connectivity index is 2.82. The zero-order valence-electron chi connectivity index (χ0n) is 35.5. The molecule has 0 aliphatic carbocycles. The number of hydrogen-bond acceptors (Lipinski definition) is 6. The first-order valence-corrected chi connectivity index (χ1v) is 19.9. The predicted octanol–water partition coefficient (Wildman–Crippen LogP) is 13.6. The van der Waals surface area contributed by atoms with Crippen LogP contribution in [0.2, 0.25) is 0 Å². The Morgan fingerprint density at radius 1 is 0.472 bits per heavy atom. The number of esters is 2. The topological polar surface area (TPSA) is 71.1 Å². The normalized spacial score (nSPS) is 12.9. The molecule has 1 aromatic carbocycles. The van der Waals surface area contributed by atoms with Crippen molar-refractivity contribution in [2.75, 3.05) is 14.2 Å². The summed E-state index contributed by atoms with van der Waals surface area (Å²) in [6.07, 6.45) is 27.2. The Morgan fingerprint density at radius 3 is 1.17 bits per heavy atom. The SMILES string of the molecule is CCCC(=O)Oc1c(C)c(C/C=C(\C)CC/C=C(\C)CC/C=C(\C)CC/C=C(\C)CC/C=C(\C)CCC=C(C)C)c(OC(=O)CCC)c(OC)c1OC. The molecule has 0 radical (unpaired) electrons. The highest BCUT2D eigenvalue weighted by atomic mass is 16.6. The number of hydrogen-bond donors (Lipinski definition) is 0. The van der Waals surface area contributed by atoms with Crippen LogP contribution in [0.15, 0.2) is 69.9 Å². The predicted molar refractivity (Wildman–Crippen MR) is 223 cm³/mol. The third kappa shape index (κ3) is 19.2. The van der Waals surface area contributed by atoms with Crippen molar-refractivity contribution in [3.05, 3.63) is 81.0 Å². The zero-order valence-corrected chi connectivity index (χ0v) is 35.5. The van der Waals surface area contributed by atoms with Gasteiger partial charge in [0.05, 0.1) is 14.2 Å². The lowest BCUT2D eigenvalue weighted by atomic mass is 9.99. The van der Waals surface area contributed by atoms with Crippen LogP contribution < -0.4 is 18.9 Å². The maximum Gasteiger partial charge on any atom is 0.311 e. The second-order valence-corrected chi connectivity index (χ2v) is 14.7. The summed E-state index contributed by atoms with van der Waals surface area (Å²) in [5, 5.41) is 0. The quantitative estimate of drug-likeness (QED) is 0.0566. The molecule has 53 heavy (non-hydrogen) atoms. The van der Waals surface area contributed by atoms with Gasteiger partial charge in [-0.15, -0.1) is 0 Å². The van der Waals surface area contributed by atoms with Crippen molar-refractivity contribution in [1.82, 2.24) is 0 Å². The second-order valence-electron chi connectivity index (χ2n) is 14.7. The highest BCUT2D eigenvalue weighted by Gasteiger charge is 2.28. The van der Waals surface area contributed by atoms with E-state index in [-0.39, 0.29) is 36.3 Å². The van der Waals surface area contributed by atoms with Crippen molar-refractivity contribution in [3.63, 3.8) is 0 Å². The molecule has 0 saturated heterocycles. The van der Waals surface area contributed by atoms with Crippen LogP contribution in [0.5, 0.6) is 23.0 Å². The Bertz CT molecular complexity index is 1490. The third-order valence-corrected chi connectivity index (χ3v) is 9.31. The molecule has 0 saturated carbocycles. The van der Waals surface area contributed by atoms with E-state index in [4.69, 9.17) is 18.9 Å². The monoisotopic (exact) mass is 733 g/mol. The van der Waals surface area contributed by atoms with Crippen molar-refractivity contribution in [3.8, 4) is 23.0 Å². The van der Waals surface area contributed by atoms with Gasteiger partial charge >= 0.3 is 11.9 Å². The fourth-order valence-corrected chi connectivity index (χ4v) is 5.97. The minimum Gasteiger partial charge on any atom is -0.490 e. The van der Waals surface area contributed by atoms with E-state index in [1.54, 1.807) is 0 Å². The summed E-state index contributed by atoms with van der Waals surface area (Å²) < 4.78 is 23.0. The molecule has 0 amide bonds. The van der Waals surface area contributed by atoms with E-state index in [0.29, 0.717) is 36.3 Å². The van der Waals surface area contributed by atoms with Crippen LogP contribution in [0.1, 0.15) is 163 Å². The number of carbonyl (C=O) groups excluding carboxylic acids is 2. The Hall–Kier alpha value is -3.80. The molecule has 0 spiro atoms. The van der Waals surface area contributed by atoms with Crippen molar-refractivity contribution >= 4 is 11.9 Å². The van der Waals surface area contributed by atoms with E-state index in [0.717, 1.165) is 69.8 Å². The van der Waals surface area contributed by atoms with Crippen LogP contribution in [-0.2, 0) is 16.0 Å². The summed E-state index contributed by atoms with van der Waals surface area (Å²) >= 11 is 0. The van der Waals surface area contributed by atoms with Gasteiger partial charge in [-0.05, 0) is 139 Å². The molecule has 0 bridgehead atoms. The number of ether oxygens (including phenoxy) is 4. The van der Waals surface area contributed by atoms with Gasteiger partial charge in [0, 0.05) is 24.0 Å². The summed E-state index contributed by atoms with van der Waals surface area (Å²) in [6.45, 7) is 21.2. The van der Waals surface area contributed by atoms with Gasteiger partial charge in [-0.3, -0.25) is 9.59 Å². The first-order valence-electron chi connectivity index (χ1n) is 19.9. The number of benzene rings is 1. The standard InChI is InChI=1S/C47H72O6/c1-13-20-42(48)52-44-40(10)41(45(53-43(49)21-14-2)47(51-12)46(44)50-11)33-32-39(9)31-19-30-38(8)29-18-28-37(7)27-17-26-36(6)25-16-24-35(5)23-15-22-34(3)4/h22,24,26,28,30,32H,13-21,23,25,27,29,31,33H2,1-12H3/b35-24+,36-26+,37-28+,38-30+,39-32+. The molecule has 6 nitrogen and oxygen atoms in total. The number of methoxy groups -OCH3 is 2. The minimum atomic E-state index is -0.351. The van der Waals surface area contributed by atoms with Crippen LogP contribution in [0.4, 0.5) is 0 Å². The smallest absolute Gasteiger partial charge is 0.311 e. The number of rotatable bonds is 25. The molecular formula is C47H72O6. The molecular weight excluding hydrogens is 661 g/mol. The summed E-state index contributed by atoms with van der Waals surface area (Å²) in [5.41, 5.74) is 9.90. The lowest BCUT2D eigenvalue weighted by molar-refractivity contribution is -0.135. The number of allylic oxidation sites excluding steroid dienone is 12. The maximum absolute atomic E-state index is 12.7. The van der Waals surface area contributed by atoms with Crippen molar-refractivity contribution in [2.45, 2.75) is 166 Å². The Labute approximate surface area is 323 Å². The fraction of sp³-hybridized carbons (Fsp3) is 0.574. The fourth-order valence-electron chi connectivity index (χ4n) is 5.97. The molecule has 0 fully saturated rings. The number of carbonyl (C=O) groups is 2. The molecule has 0 aliphatic rings. The van der Waals surface area contributed by atoms with Crippen molar-refractivity contribution in [1.29, 1.82) is 0 Å². The molecule has 296 valence electrons. The van der Waals surface area contributed by atoms with Gasteiger partial charge in [0.25, 0.3) is 0 Å². The van der Waals surface area contributed by atoms with E-state index < -0.39 is 0 Å². The lowest BCUT2D eigenvalue weighted by Crippen LogP contribution is -2.14. The van der Waals surface area contributed by atoms with Gasteiger partial charge in [-0.2, -0.15) is 0 Å². The summed E-state index contributed by atoms with van der Waals surface area (Å²) in [6, 6.07) is 0.